The molecule has 0 saturated carbocycles. The number of hydrogen-bond donors (Lipinski definition) is 0. The fourth-order valence-electron chi connectivity index (χ4n) is 3.89. The van der Waals surface area contributed by atoms with Crippen molar-refractivity contribution in [3.63, 3.8) is 0 Å². The Balaban J connectivity index is 1.62. The molecule has 0 radical (unpaired) electrons. The van der Waals surface area contributed by atoms with Crippen molar-refractivity contribution in [2.24, 2.45) is 0 Å². The van der Waals surface area contributed by atoms with Gasteiger partial charge in [0.05, 0.1) is 0 Å². The van der Waals surface area contributed by atoms with Crippen molar-refractivity contribution in [3.05, 3.63) is 125 Å². The number of ether oxygens (including phenoxy) is 4. The Morgan fingerprint density at radius 2 is 1.13 bits per heavy atom. The minimum Gasteiger partial charge on any atom is -0.457 e. The van der Waals surface area contributed by atoms with Crippen LogP contribution in [0, 0.1) is 5.82 Å². The molecule has 0 unspecified atom stereocenters. The van der Waals surface area contributed by atoms with E-state index in [9.17, 15) is 23.6 Å². The second-order valence-corrected chi connectivity index (χ2v) is 10.5. The quantitative estimate of drug-likeness (QED) is 0.0837. The molecule has 3 aromatic carbocycles. The van der Waals surface area contributed by atoms with E-state index in [1.807, 2.05) is 0 Å². The van der Waals surface area contributed by atoms with Crippen molar-refractivity contribution < 1.29 is 42.5 Å². The van der Waals surface area contributed by atoms with Gasteiger partial charge >= 0.3 is 23.9 Å². The van der Waals surface area contributed by atoms with Crippen LogP contribution >= 0.6 is 0 Å². The standard InChI is InChI=1S/C36H35FO8/c1-22(2)34(39)42-19-26-8-11-27(12-9-26)28-14-15-32(31(37)18-28)45-33(38)16-10-25-7-13-29(20-43-35(40)23(3)4)30(17-25)21-44-36(41)24(5)6/h7-9,11-15,17-18H,1,3,5,10,16,19-21H2,2,4,6H3. The van der Waals surface area contributed by atoms with Gasteiger partial charge in [-0.2, -0.15) is 0 Å². The zero-order chi connectivity index (χ0) is 33.1. The molecule has 0 heterocycles. The average molecular weight is 615 g/mol. The average Bonchev–Trinajstić information content (AvgIpc) is 3.01. The highest BCUT2D eigenvalue weighted by atomic mass is 19.1. The smallest absolute Gasteiger partial charge is 0.333 e. The molecule has 0 bridgehead atoms. The van der Waals surface area contributed by atoms with Crippen molar-refractivity contribution in [2.75, 3.05) is 0 Å². The summed E-state index contributed by atoms with van der Waals surface area (Å²) in [5, 5.41) is 0. The van der Waals surface area contributed by atoms with Crippen molar-refractivity contribution in [3.8, 4) is 16.9 Å². The van der Waals surface area contributed by atoms with Gasteiger partial charge in [-0.25, -0.2) is 18.8 Å². The summed E-state index contributed by atoms with van der Waals surface area (Å²) in [5.74, 6) is -3.13. The lowest BCUT2D eigenvalue weighted by atomic mass is 10.0. The molecule has 0 N–H and O–H groups in total. The first-order valence-corrected chi connectivity index (χ1v) is 14.0. The molecule has 0 spiro atoms. The van der Waals surface area contributed by atoms with E-state index in [-0.39, 0.29) is 49.6 Å². The first-order valence-electron chi connectivity index (χ1n) is 14.0. The molecule has 0 aliphatic heterocycles. The summed E-state index contributed by atoms with van der Waals surface area (Å²) in [7, 11) is 0. The maximum Gasteiger partial charge on any atom is 0.333 e. The number of carbonyl (C=O) groups excluding carboxylic acids is 4. The van der Waals surface area contributed by atoms with E-state index in [0.29, 0.717) is 22.3 Å². The lowest BCUT2D eigenvalue weighted by molar-refractivity contribution is -0.141. The van der Waals surface area contributed by atoms with Crippen LogP contribution in [0.1, 0.15) is 49.4 Å². The van der Waals surface area contributed by atoms with Crippen molar-refractivity contribution in [2.45, 2.75) is 53.4 Å². The minimum atomic E-state index is -0.699. The molecule has 45 heavy (non-hydrogen) atoms. The van der Waals surface area contributed by atoms with E-state index in [2.05, 4.69) is 19.7 Å². The van der Waals surface area contributed by atoms with Crippen LogP contribution in [0.4, 0.5) is 4.39 Å². The van der Waals surface area contributed by atoms with Crippen LogP contribution in [0.5, 0.6) is 5.75 Å². The van der Waals surface area contributed by atoms with Crippen molar-refractivity contribution in [1.29, 1.82) is 0 Å². The van der Waals surface area contributed by atoms with Gasteiger partial charge in [0.2, 0.25) is 0 Å². The summed E-state index contributed by atoms with van der Waals surface area (Å²) in [5.41, 5.74) is 4.81. The monoisotopic (exact) mass is 614 g/mol. The first kappa shape index (κ1) is 34.2. The van der Waals surface area contributed by atoms with Gasteiger partial charge < -0.3 is 18.9 Å². The highest BCUT2D eigenvalue weighted by Crippen LogP contribution is 2.27. The fraction of sp³-hybridized carbons (Fsp3) is 0.222. The molecule has 0 aliphatic carbocycles. The van der Waals surface area contributed by atoms with Gasteiger partial charge in [-0.05, 0) is 72.7 Å². The van der Waals surface area contributed by atoms with Crippen molar-refractivity contribution >= 4 is 23.9 Å². The van der Waals surface area contributed by atoms with Crippen LogP contribution in [-0.2, 0) is 59.6 Å². The molecule has 0 amide bonds. The third-order valence-corrected chi connectivity index (χ3v) is 6.46. The van der Waals surface area contributed by atoms with Crippen molar-refractivity contribution in [1.82, 2.24) is 0 Å². The Morgan fingerprint density at radius 1 is 0.622 bits per heavy atom. The second-order valence-electron chi connectivity index (χ2n) is 10.5. The van der Waals surface area contributed by atoms with Gasteiger partial charge in [-0.15, -0.1) is 0 Å². The third-order valence-electron chi connectivity index (χ3n) is 6.46. The molecule has 3 aromatic rings. The molecule has 0 atom stereocenters. The normalized spacial score (nSPS) is 10.4. The molecule has 0 fully saturated rings. The van der Waals surface area contributed by atoms with E-state index in [0.717, 1.165) is 16.7 Å². The maximum absolute atomic E-state index is 14.9. The molecule has 0 saturated heterocycles. The maximum atomic E-state index is 14.9. The molecular weight excluding hydrogens is 579 g/mol. The fourth-order valence-corrected chi connectivity index (χ4v) is 3.89. The molecule has 9 heteroatoms. The highest BCUT2D eigenvalue weighted by Gasteiger charge is 2.15. The van der Waals surface area contributed by atoms with E-state index in [1.54, 1.807) is 55.5 Å². The summed E-state index contributed by atoms with van der Waals surface area (Å²) >= 11 is 0. The summed E-state index contributed by atoms with van der Waals surface area (Å²) in [6.07, 6.45) is 0.216. The van der Waals surface area contributed by atoms with Gasteiger partial charge in [0.25, 0.3) is 0 Å². The summed E-state index contributed by atoms with van der Waals surface area (Å²) in [6.45, 7) is 15.2. The van der Waals surface area contributed by atoms with E-state index in [4.69, 9.17) is 18.9 Å². The molecular formula is C36H35FO8. The lowest BCUT2D eigenvalue weighted by Crippen LogP contribution is -2.11. The molecule has 0 aromatic heterocycles. The zero-order valence-corrected chi connectivity index (χ0v) is 25.6. The number of carbonyl (C=O) groups is 4. The lowest BCUT2D eigenvalue weighted by Gasteiger charge is -2.13. The SMILES string of the molecule is C=C(C)C(=O)OCc1ccc(-c2ccc(OC(=O)CCc3ccc(COC(=O)C(=C)C)c(COC(=O)C(=C)C)c3)c(F)c2)cc1. The largest absolute Gasteiger partial charge is 0.457 e. The Hall–Kier alpha value is -5.31. The number of benzene rings is 3. The molecule has 8 nitrogen and oxygen atoms in total. The van der Waals surface area contributed by atoms with Crippen LogP contribution in [0.3, 0.4) is 0 Å². The predicted octanol–water partition coefficient (Wildman–Crippen LogP) is 6.89. The Labute approximate surface area is 261 Å². The number of esters is 4. The summed E-state index contributed by atoms with van der Waals surface area (Å²) in [6, 6.07) is 16.6. The van der Waals surface area contributed by atoms with Crippen LogP contribution in [0.2, 0.25) is 0 Å². The van der Waals surface area contributed by atoms with E-state index < -0.39 is 29.7 Å². The third kappa shape index (κ3) is 10.4. The number of rotatable bonds is 14. The van der Waals surface area contributed by atoms with Gasteiger partial charge in [-0.1, -0.05) is 68.3 Å². The van der Waals surface area contributed by atoms with Crippen LogP contribution in [-0.4, -0.2) is 23.9 Å². The Kier molecular flexibility index (Phi) is 12.1. The topological polar surface area (TPSA) is 105 Å². The van der Waals surface area contributed by atoms with Gasteiger partial charge in [0, 0.05) is 23.1 Å². The highest BCUT2D eigenvalue weighted by molar-refractivity contribution is 5.87. The summed E-state index contributed by atoms with van der Waals surface area (Å²) < 4.78 is 35.8. The van der Waals surface area contributed by atoms with Gasteiger partial charge in [0.15, 0.2) is 11.6 Å². The second kappa shape index (κ2) is 16.0. The van der Waals surface area contributed by atoms with Crippen LogP contribution in [0.25, 0.3) is 11.1 Å². The van der Waals surface area contributed by atoms with Crippen LogP contribution in [0.15, 0.2) is 97.1 Å². The van der Waals surface area contributed by atoms with Gasteiger partial charge in [-0.3, -0.25) is 4.79 Å². The Bertz CT molecular complexity index is 1640. The number of halogens is 1. The van der Waals surface area contributed by atoms with Crippen LogP contribution < -0.4 is 4.74 Å². The zero-order valence-electron chi connectivity index (χ0n) is 25.6. The number of aryl methyl sites for hydroxylation is 1. The summed E-state index contributed by atoms with van der Waals surface area (Å²) in [4.78, 5) is 48.0. The molecule has 234 valence electrons. The molecule has 3 rings (SSSR count). The van der Waals surface area contributed by atoms with Gasteiger partial charge in [0.1, 0.15) is 19.8 Å². The first-order chi connectivity index (χ1) is 21.3. The molecule has 0 aliphatic rings. The predicted molar refractivity (Wildman–Crippen MR) is 166 cm³/mol. The number of hydrogen-bond acceptors (Lipinski definition) is 8. The van der Waals surface area contributed by atoms with E-state index >= 15 is 0 Å². The van der Waals surface area contributed by atoms with E-state index in [1.165, 1.54) is 26.0 Å². The minimum absolute atomic E-state index is 0.0480. The Morgan fingerprint density at radius 3 is 1.69 bits per heavy atom.